The minimum absolute atomic E-state index is 0.170. The Morgan fingerprint density at radius 1 is 1.65 bits per heavy atom. The highest BCUT2D eigenvalue weighted by atomic mass is 16.6. The molecule has 0 aromatic heterocycles. The maximum atomic E-state index is 11.9. The lowest BCUT2D eigenvalue weighted by Crippen LogP contribution is -2.54. The quantitative estimate of drug-likeness (QED) is 0.684. The van der Waals surface area contributed by atoms with Gasteiger partial charge >= 0.3 is 6.09 Å². The van der Waals surface area contributed by atoms with Crippen molar-refractivity contribution in [1.82, 2.24) is 4.90 Å². The second kappa shape index (κ2) is 5.39. The molecule has 0 saturated carbocycles. The normalized spacial score (nSPS) is 25.2. The number of terminal acetylenes is 1. The molecule has 0 aromatic carbocycles. The predicted octanol–water partition coefficient (Wildman–Crippen LogP) is 0.616. The minimum Gasteiger partial charge on any atom is -0.444 e. The molecule has 0 bridgehead atoms. The Morgan fingerprint density at radius 2 is 2.29 bits per heavy atom. The molecular formula is C12H19NO4. The van der Waals surface area contributed by atoms with Crippen molar-refractivity contribution in [3.05, 3.63) is 0 Å². The Hall–Kier alpha value is -1.25. The molecule has 1 aliphatic rings. The van der Waals surface area contributed by atoms with E-state index in [1.807, 2.05) is 0 Å². The molecule has 1 saturated heterocycles. The van der Waals surface area contributed by atoms with Gasteiger partial charge in [-0.15, -0.1) is 6.42 Å². The number of rotatable bonds is 1. The average Bonchev–Trinajstić information content (AvgIpc) is 2.25. The van der Waals surface area contributed by atoms with Crippen molar-refractivity contribution in [3.63, 3.8) is 0 Å². The Kier molecular flexibility index (Phi) is 4.38. The number of ether oxygens (including phenoxy) is 2. The third-order valence-corrected chi connectivity index (χ3v) is 2.32. The SMILES string of the molecule is C#C[C@@H]1CN(C(=O)OC(C)(C)C)[C@H](CO)CO1. The molecule has 1 heterocycles. The summed E-state index contributed by atoms with van der Waals surface area (Å²) in [5.41, 5.74) is -0.568. The van der Waals surface area contributed by atoms with E-state index in [0.717, 1.165) is 0 Å². The number of morpholine rings is 1. The van der Waals surface area contributed by atoms with Crippen LogP contribution in [0.25, 0.3) is 0 Å². The van der Waals surface area contributed by atoms with Gasteiger partial charge in [0, 0.05) is 0 Å². The second-order valence-electron chi connectivity index (χ2n) is 4.96. The fourth-order valence-electron chi connectivity index (χ4n) is 1.49. The molecule has 5 heteroatoms. The van der Waals surface area contributed by atoms with Gasteiger partial charge in [0.05, 0.1) is 25.8 Å². The molecule has 5 nitrogen and oxygen atoms in total. The molecule has 1 amide bonds. The van der Waals surface area contributed by atoms with E-state index >= 15 is 0 Å². The van der Waals surface area contributed by atoms with Gasteiger partial charge in [-0.3, -0.25) is 4.90 Å². The van der Waals surface area contributed by atoms with E-state index in [-0.39, 0.29) is 19.8 Å². The van der Waals surface area contributed by atoms with Gasteiger partial charge in [0.2, 0.25) is 0 Å². The largest absolute Gasteiger partial charge is 0.444 e. The summed E-state index contributed by atoms with van der Waals surface area (Å²) in [5.74, 6) is 2.44. The number of aliphatic hydroxyl groups excluding tert-OH is 1. The molecule has 0 spiro atoms. The van der Waals surface area contributed by atoms with Crippen LogP contribution in [0.4, 0.5) is 4.79 Å². The van der Waals surface area contributed by atoms with Crippen molar-refractivity contribution < 1.29 is 19.4 Å². The third kappa shape index (κ3) is 3.91. The van der Waals surface area contributed by atoms with Crippen molar-refractivity contribution in [2.45, 2.75) is 38.5 Å². The first-order valence-electron chi connectivity index (χ1n) is 5.55. The van der Waals surface area contributed by atoms with Gasteiger partial charge in [-0.2, -0.15) is 0 Å². The first-order chi connectivity index (χ1) is 7.87. The van der Waals surface area contributed by atoms with Crippen LogP contribution >= 0.6 is 0 Å². The standard InChI is InChI=1S/C12H19NO4/c1-5-10-6-13(9(7-14)8-16-10)11(15)17-12(2,3)4/h1,9-10,14H,6-8H2,2-4H3/t9-,10-/m1/s1. The number of aliphatic hydroxyl groups is 1. The Bertz CT molecular complexity index is 315. The van der Waals surface area contributed by atoms with Gasteiger partial charge in [-0.1, -0.05) is 5.92 Å². The molecule has 17 heavy (non-hydrogen) atoms. The van der Waals surface area contributed by atoms with Gasteiger partial charge < -0.3 is 14.6 Å². The van der Waals surface area contributed by atoms with Gasteiger partial charge in [-0.25, -0.2) is 4.79 Å². The van der Waals surface area contributed by atoms with Gasteiger partial charge in [0.15, 0.2) is 0 Å². The summed E-state index contributed by atoms with van der Waals surface area (Å²) in [4.78, 5) is 13.3. The Balaban J connectivity index is 2.70. The fraction of sp³-hybridized carbons (Fsp3) is 0.750. The van der Waals surface area contributed by atoms with Crippen LogP contribution in [0.5, 0.6) is 0 Å². The monoisotopic (exact) mass is 241 g/mol. The van der Waals surface area contributed by atoms with Gasteiger partial charge in [0.25, 0.3) is 0 Å². The molecule has 0 unspecified atom stereocenters. The lowest BCUT2D eigenvalue weighted by atomic mass is 10.2. The van der Waals surface area contributed by atoms with Gasteiger partial charge in [-0.05, 0) is 20.8 Å². The zero-order valence-electron chi connectivity index (χ0n) is 10.5. The summed E-state index contributed by atoms with van der Waals surface area (Å²) in [5, 5.41) is 9.19. The maximum Gasteiger partial charge on any atom is 0.410 e. The number of carbonyl (C=O) groups is 1. The van der Waals surface area contributed by atoms with Crippen LogP contribution in [0.3, 0.4) is 0 Å². The van der Waals surface area contributed by atoms with Gasteiger partial charge in [0.1, 0.15) is 11.7 Å². The smallest absolute Gasteiger partial charge is 0.410 e. The highest BCUT2D eigenvalue weighted by Crippen LogP contribution is 2.16. The summed E-state index contributed by atoms with van der Waals surface area (Å²) in [6.45, 7) is 5.67. The van der Waals surface area contributed by atoms with Crippen LogP contribution in [0.15, 0.2) is 0 Å². The van der Waals surface area contributed by atoms with E-state index in [2.05, 4.69) is 5.92 Å². The van der Waals surface area contributed by atoms with E-state index in [1.54, 1.807) is 20.8 Å². The molecule has 1 aliphatic heterocycles. The minimum atomic E-state index is -0.568. The molecule has 0 aromatic rings. The van der Waals surface area contributed by atoms with Crippen LogP contribution in [0, 0.1) is 12.3 Å². The maximum absolute atomic E-state index is 11.9. The summed E-state index contributed by atoms with van der Waals surface area (Å²) >= 11 is 0. The molecule has 96 valence electrons. The molecule has 0 radical (unpaired) electrons. The number of hydrogen-bond acceptors (Lipinski definition) is 4. The van der Waals surface area contributed by atoms with E-state index in [9.17, 15) is 9.90 Å². The first kappa shape index (κ1) is 13.8. The zero-order valence-corrected chi connectivity index (χ0v) is 10.5. The van der Waals surface area contributed by atoms with E-state index < -0.39 is 23.8 Å². The molecule has 1 rings (SSSR count). The number of carbonyl (C=O) groups excluding carboxylic acids is 1. The zero-order chi connectivity index (χ0) is 13.1. The van der Waals surface area contributed by atoms with Crippen LogP contribution in [-0.4, -0.2) is 53.6 Å². The molecular weight excluding hydrogens is 222 g/mol. The van der Waals surface area contributed by atoms with Crippen molar-refractivity contribution in [3.8, 4) is 12.3 Å². The lowest BCUT2D eigenvalue weighted by Gasteiger charge is -2.37. The predicted molar refractivity (Wildman–Crippen MR) is 62.4 cm³/mol. The van der Waals surface area contributed by atoms with Crippen molar-refractivity contribution >= 4 is 6.09 Å². The van der Waals surface area contributed by atoms with Crippen LogP contribution in [-0.2, 0) is 9.47 Å². The highest BCUT2D eigenvalue weighted by molar-refractivity contribution is 5.68. The highest BCUT2D eigenvalue weighted by Gasteiger charge is 2.33. The van der Waals surface area contributed by atoms with Crippen LogP contribution in [0.2, 0.25) is 0 Å². The topological polar surface area (TPSA) is 59.0 Å². The summed E-state index contributed by atoms with van der Waals surface area (Å²) in [7, 11) is 0. The van der Waals surface area contributed by atoms with Crippen molar-refractivity contribution in [1.29, 1.82) is 0 Å². The van der Waals surface area contributed by atoms with Crippen molar-refractivity contribution in [2.24, 2.45) is 0 Å². The molecule has 2 atom stereocenters. The summed E-state index contributed by atoms with van der Waals surface area (Å²) < 4.78 is 10.5. The Labute approximate surface area is 102 Å². The van der Waals surface area contributed by atoms with E-state index in [4.69, 9.17) is 15.9 Å². The first-order valence-corrected chi connectivity index (χ1v) is 5.55. The number of nitrogens with zero attached hydrogens (tertiary/aromatic N) is 1. The van der Waals surface area contributed by atoms with Crippen molar-refractivity contribution in [2.75, 3.05) is 19.8 Å². The van der Waals surface area contributed by atoms with Crippen LogP contribution < -0.4 is 0 Å². The number of amides is 1. The molecule has 1 N–H and O–H groups in total. The average molecular weight is 241 g/mol. The fourth-order valence-corrected chi connectivity index (χ4v) is 1.49. The second-order valence-corrected chi connectivity index (χ2v) is 4.96. The molecule has 1 fully saturated rings. The Morgan fingerprint density at radius 3 is 2.76 bits per heavy atom. The summed E-state index contributed by atoms with van der Waals surface area (Å²) in [6, 6.07) is -0.394. The van der Waals surface area contributed by atoms with E-state index in [0.29, 0.717) is 0 Å². The lowest BCUT2D eigenvalue weighted by molar-refractivity contribution is -0.0628. The van der Waals surface area contributed by atoms with Crippen LogP contribution in [0.1, 0.15) is 20.8 Å². The third-order valence-electron chi connectivity index (χ3n) is 2.32. The number of hydrogen-bond donors (Lipinski definition) is 1. The molecule has 0 aliphatic carbocycles. The van der Waals surface area contributed by atoms with E-state index in [1.165, 1.54) is 4.90 Å². The summed E-state index contributed by atoms with van der Waals surface area (Å²) in [6.07, 6.45) is 4.35.